The summed E-state index contributed by atoms with van der Waals surface area (Å²) >= 11 is 0. The van der Waals surface area contributed by atoms with Gasteiger partial charge in [0.25, 0.3) is 0 Å². The molecule has 0 saturated carbocycles. The van der Waals surface area contributed by atoms with E-state index in [0.717, 1.165) is 0 Å². The monoisotopic (exact) mass is 400 g/mol. The second kappa shape index (κ2) is 6.01. The number of alkyl halides is 15. The molecular weight excluding hydrogens is 397 g/mol. The average molecular weight is 400 g/mol. The second-order valence-corrected chi connectivity index (χ2v) is 4.04. The van der Waals surface area contributed by atoms with E-state index in [-0.39, 0.29) is 0 Å². The lowest BCUT2D eigenvalue weighted by Crippen LogP contribution is -2.69. The van der Waals surface area contributed by atoms with Gasteiger partial charge in [0.05, 0.1) is 0 Å². The van der Waals surface area contributed by atoms with Gasteiger partial charge in [-0.1, -0.05) is 0 Å². The summed E-state index contributed by atoms with van der Waals surface area (Å²) < 4.78 is 187. The smallest absolute Gasteiger partial charge is 0.248 e. The molecule has 0 aliphatic rings. The van der Waals surface area contributed by atoms with Crippen LogP contribution in [0.5, 0.6) is 0 Å². The first-order valence-corrected chi connectivity index (χ1v) is 5.02. The van der Waals surface area contributed by atoms with Gasteiger partial charge in [0.15, 0.2) is 6.67 Å². The molecule has 0 fully saturated rings. The Hall–Kier alpha value is -1.09. The Morgan fingerprint density at radius 2 is 1.00 bits per heavy atom. The third-order valence-electron chi connectivity index (χ3n) is 2.28. The Morgan fingerprint density at radius 1 is 0.625 bits per heavy atom. The minimum Gasteiger partial charge on any atom is -0.248 e. The minimum absolute atomic E-state index is 1.66. The summed E-state index contributed by atoms with van der Waals surface area (Å²) in [5.41, 5.74) is 0. The number of hydrogen-bond donors (Lipinski definition) is 0. The summed E-state index contributed by atoms with van der Waals surface area (Å²) in [6.07, 6.45) is -19.0. The lowest BCUT2D eigenvalue weighted by atomic mass is 9.98. The molecule has 0 N–H and O–H groups in total. The molecule has 0 rings (SSSR count). The van der Waals surface area contributed by atoms with E-state index in [0.29, 0.717) is 0 Å². The first kappa shape index (κ1) is 22.9. The maximum atomic E-state index is 12.8. The van der Waals surface area contributed by atoms with Crippen LogP contribution in [0.25, 0.3) is 0 Å². The first-order chi connectivity index (χ1) is 10.2. The highest BCUT2D eigenvalue weighted by Crippen LogP contribution is 2.58. The second-order valence-electron chi connectivity index (χ2n) is 4.04. The van der Waals surface area contributed by atoms with Crippen LogP contribution in [0.3, 0.4) is 0 Å². The van der Waals surface area contributed by atoms with Crippen molar-refractivity contribution in [3.05, 3.63) is 0 Å². The highest BCUT2D eigenvalue weighted by atomic mass is 19.4. The molecule has 0 radical (unpaired) electrons. The molecule has 0 bridgehead atoms. The van der Waals surface area contributed by atoms with Crippen LogP contribution in [0.1, 0.15) is 0 Å². The van der Waals surface area contributed by atoms with Crippen molar-refractivity contribution in [2.24, 2.45) is 0 Å². The van der Waals surface area contributed by atoms with E-state index >= 15 is 0 Å². The number of halogens is 15. The molecule has 0 aliphatic heterocycles. The van der Waals surface area contributed by atoms with Gasteiger partial charge >= 0.3 is 42.3 Å². The molecule has 0 atom stereocenters. The van der Waals surface area contributed by atoms with Crippen LogP contribution in [-0.4, -0.2) is 49.0 Å². The van der Waals surface area contributed by atoms with Crippen LogP contribution in [0, 0.1) is 0 Å². The van der Waals surface area contributed by atoms with Crippen molar-refractivity contribution < 1.29 is 70.6 Å². The molecule has 0 aromatic heterocycles. The maximum absolute atomic E-state index is 12.8. The van der Waals surface area contributed by atoms with Crippen LogP contribution >= 0.6 is 0 Å². The Morgan fingerprint density at radius 3 is 1.29 bits per heavy atom. The van der Waals surface area contributed by atoms with Crippen molar-refractivity contribution in [2.75, 3.05) is 6.67 Å². The van der Waals surface area contributed by atoms with Gasteiger partial charge in [0.1, 0.15) is 0 Å². The largest absolute Gasteiger partial charge is 0.430 e. The molecule has 0 saturated heterocycles. The van der Waals surface area contributed by atoms with Crippen LogP contribution in [0.15, 0.2) is 0 Å². The SMILES string of the molecule is FCC(F)(F)OC(F)(F)C(F)(F)C(F)(F)C(F)(F)C(F)(F)C(F)F. The molecule has 1 nitrogen and oxygen atoms in total. The standard InChI is InChI=1S/C8H3F15O/c9-1-3(12,13)24-8(22,23)7(20,21)6(18,19)5(16,17)4(14,15)2(10)11/h2H,1H2. The molecular formula is C8H3F15O. The van der Waals surface area contributed by atoms with Gasteiger partial charge in [-0.3, -0.25) is 0 Å². The maximum Gasteiger partial charge on any atom is 0.430 e. The molecule has 24 heavy (non-hydrogen) atoms. The minimum atomic E-state index is -8.02. The van der Waals surface area contributed by atoms with E-state index in [1.165, 1.54) is 0 Å². The number of ether oxygens (including phenoxy) is 1. The fraction of sp³-hybridized carbons (Fsp3) is 1.00. The van der Waals surface area contributed by atoms with E-state index in [1.807, 2.05) is 0 Å². The van der Waals surface area contributed by atoms with Gasteiger partial charge in [-0.05, 0) is 0 Å². The predicted molar refractivity (Wildman–Crippen MR) is 42.7 cm³/mol. The molecule has 0 aromatic rings. The fourth-order valence-electron chi connectivity index (χ4n) is 1.01. The summed E-state index contributed by atoms with van der Waals surface area (Å²) in [6, 6.07) is 0. The highest BCUT2D eigenvalue weighted by Gasteiger charge is 2.89. The van der Waals surface area contributed by atoms with E-state index in [1.54, 1.807) is 4.74 Å². The Kier molecular flexibility index (Phi) is 5.74. The van der Waals surface area contributed by atoms with Crippen molar-refractivity contribution in [1.29, 1.82) is 0 Å². The van der Waals surface area contributed by atoms with E-state index < -0.39 is 49.0 Å². The van der Waals surface area contributed by atoms with Crippen LogP contribution in [0.4, 0.5) is 65.9 Å². The lowest BCUT2D eigenvalue weighted by molar-refractivity contribution is -0.485. The third-order valence-corrected chi connectivity index (χ3v) is 2.28. The zero-order valence-electron chi connectivity index (χ0n) is 10.4. The third kappa shape index (κ3) is 3.33. The number of hydrogen-bond acceptors (Lipinski definition) is 1. The number of rotatable bonds is 8. The topological polar surface area (TPSA) is 9.23 Å². The zero-order valence-corrected chi connectivity index (χ0v) is 10.4. The average Bonchev–Trinajstić information content (AvgIpc) is 2.36. The van der Waals surface area contributed by atoms with Gasteiger partial charge in [0, 0.05) is 0 Å². The zero-order chi connectivity index (χ0) is 20.0. The van der Waals surface area contributed by atoms with E-state index in [9.17, 15) is 65.9 Å². The van der Waals surface area contributed by atoms with Gasteiger partial charge in [-0.15, -0.1) is 0 Å². The van der Waals surface area contributed by atoms with Crippen molar-refractivity contribution in [3.8, 4) is 0 Å². The molecule has 0 heterocycles. The summed E-state index contributed by atoms with van der Waals surface area (Å²) in [5, 5.41) is 0. The van der Waals surface area contributed by atoms with Crippen molar-refractivity contribution in [2.45, 2.75) is 42.3 Å². The molecule has 146 valence electrons. The van der Waals surface area contributed by atoms with Gasteiger partial charge in [-0.2, -0.15) is 52.7 Å². The normalized spacial score (nSPS) is 16.0. The Balaban J connectivity index is 6.08. The Labute approximate surface area is 121 Å². The molecule has 0 aromatic carbocycles. The van der Waals surface area contributed by atoms with E-state index in [4.69, 9.17) is 0 Å². The van der Waals surface area contributed by atoms with Crippen LogP contribution in [0.2, 0.25) is 0 Å². The van der Waals surface area contributed by atoms with E-state index in [2.05, 4.69) is 0 Å². The lowest BCUT2D eigenvalue weighted by Gasteiger charge is -2.39. The first-order valence-electron chi connectivity index (χ1n) is 5.02. The summed E-state index contributed by atoms with van der Waals surface area (Å²) in [4.78, 5) is 0. The van der Waals surface area contributed by atoms with Crippen LogP contribution < -0.4 is 0 Å². The molecule has 16 heteroatoms. The molecule has 0 amide bonds. The van der Waals surface area contributed by atoms with Gasteiger partial charge in [0.2, 0.25) is 0 Å². The highest BCUT2D eigenvalue weighted by molar-refractivity contribution is 5.07. The molecule has 0 aliphatic carbocycles. The Bertz CT molecular complexity index is 441. The predicted octanol–water partition coefficient (Wildman–Crippen LogP) is 4.96. The van der Waals surface area contributed by atoms with Gasteiger partial charge < -0.3 is 0 Å². The quantitative estimate of drug-likeness (QED) is 0.524. The summed E-state index contributed by atoms with van der Waals surface area (Å²) in [7, 11) is 0. The van der Waals surface area contributed by atoms with Crippen LogP contribution in [-0.2, 0) is 4.74 Å². The fourth-order valence-corrected chi connectivity index (χ4v) is 1.01. The summed E-state index contributed by atoms with van der Waals surface area (Å²) in [6.45, 7) is -3.33. The summed E-state index contributed by atoms with van der Waals surface area (Å²) in [5.74, 6) is -31.0. The van der Waals surface area contributed by atoms with Crippen molar-refractivity contribution >= 4 is 0 Å². The molecule has 0 unspecified atom stereocenters. The molecule has 0 spiro atoms. The van der Waals surface area contributed by atoms with Crippen molar-refractivity contribution in [1.82, 2.24) is 0 Å². The van der Waals surface area contributed by atoms with Gasteiger partial charge in [-0.25, -0.2) is 17.9 Å². The van der Waals surface area contributed by atoms with Crippen molar-refractivity contribution in [3.63, 3.8) is 0 Å².